The normalized spacial score (nSPS) is 20.6. The van der Waals surface area contributed by atoms with Gasteiger partial charge >= 0.3 is 0 Å². The standard InChI is InChI=1S/C9H6O/c10-9-5-4-7-2-1-3-8(7)6-9/h1-6H. The molecule has 0 amide bonds. The Hall–Kier alpha value is -1.37. The van der Waals surface area contributed by atoms with Crippen LogP contribution in [0.1, 0.15) is 0 Å². The Labute approximate surface area is 59.1 Å². The molecule has 0 aromatic rings. The van der Waals surface area contributed by atoms with Crippen LogP contribution in [0.2, 0.25) is 0 Å². The highest BCUT2D eigenvalue weighted by Crippen LogP contribution is 2.22. The van der Waals surface area contributed by atoms with Gasteiger partial charge in [-0.3, -0.25) is 4.79 Å². The molecule has 0 saturated heterocycles. The predicted molar refractivity (Wildman–Crippen MR) is 39.5 cm³/mol. The van der Waals surface area contributed by atoms with E-state index in [9.17, 15) is 4.79 Å². The number of carbonyl (C=O) groups excluding carboxylic acids is 1. The summed E-state index contributed by atoms with van der Waals surface area (Å²) >= 11 is 0. The maximum absolute atomic E-state index is 10.8. The van der Waals surface area contributed by atoms with Gasteiger partial charge in [0.2, 0.25) is 0 Å². The highest BCUT2D eigenvalue weighted by atomic mass is 16.1. The van der Waals surface area contributed by atoms with Gasteiger partial charge in [-0.25, -0.2) is 0 Å². The molecule has 0 heterocycles. The van der Waals surface area contributed by atoms with Gasteiger partial charge in [-0.05, 0) is 23.3 Å². The van der Waals surface area contributed by atoms with Crippen molar-refractivity contribution < 1.29 is 4.79 Å². The lowest BCUT2D eigenvalue weighted by Crippen LogP contribution is -1.95. The summed E-state index contributed by atoms with van der Waals surface area (Å²) in [5, 5.41) is 0. The van der Waals surface area contributed by atoms with Gasteiger partial charge in [0.1, 0.15) is 0 Å². The fourth-order valence-electron chi connectivity index (χ4n) is 1.10. The summed E-state index contributed by atoms with van der Waals surface area (Å²) in [6.45, 7) is 0. The number of hydrogen-bond acceptors (Lipinski definition) is 1. The van der Waals surface area contributed by atoms with E-state index in [0.29, 0.717) is 0 Å². The first kappa shape index (κ1) is 5.42. The fraction of sp³-hybridized carbons (Fsp3) is 0. The lowest BCUT2D eigenvalue weighted by Gasteiger charge is -2.01. The van der Waals surface area contributed by atoms with Gasteiger partial charge in [-0.1, -0.05) is 24.3 Å². The lowest BCUT2D eigenvalue weighted by molar-refractivity contribution is -0.110. The molecule has 0 spiro atoms. The van der Waals surface area contributed by atoms with Gasteiger partial charge in [0, 0.05) is 0 Å². The molecule has 48 valence electrons. The van der Waals surface area contributed by atoms with Crippen LogP contribution in [0, 0.1) is 0 Å². The largest absolute Gasteiger partial charge is 0.290 e. The van der Waals surface area contributed by atoms with Crippen LogP contribution in [0.15, 0.2) is 47.6 Å². The minimum atomic E-state index is 0.0821. The number of fused-ring (bicyclic) bond motifs is 1. The Morgan fingerprint density at radius 3 is 2.80 bits per heavy atom. The molecule has 0 N–H and O–H groups in total. The van der Waals surface area contributed by atoms with Crippen molar-refractivity contribution in [3.8, 4) is 0 Å². The van der Waals surface area contributed by atoms with E-state index in [1.165, 1.54) is 0 Å². The van der Waals surface area contributed by atoms with Crippen molar-refractivity contribution in [2.75, 3.05) is 0 Å². The van der Waals surface area contributed by atoms with E-state index in [-0.39, 0.29) is 5.78 Å². The summed E-state index contributed by atoms with van der Waals surface area (Å²) in [6, 6.07) is 0. The summed E-state index contributed by atoms with van der Waals surface area (Å²) in [6.07, 6.45) is 11.0. The van der Waals surface area contributed by atoms with E-state index in [0.717, 1.165) is 11.1 Å². The van der Waals surface area contributed by atoms with E-state index in [1.807, 2.05) is 24.3 Å². The van der Waals surface area contributed by atoms with E-state index < -0.39 is 0 Å². The number of allylic oxidation sites excluding steroid dienone is 8. The summed E-state index contributed by atoms with van der Waals surface area (Å²) in [5.41, 5.74) is 2.17. The van der Waals surface area contributed by atoms with Crippen LogP contribution in [0.4, 0.5) is 0 Å². The molecule has 0 aliphatic heterocycles. The van der Waals surface area contributed by atoms with Crippen molar-refractivity contribution in [2.24, 2.45) is 0 Å². The van der Waals surface area contributed by atoms with E-state index >= 15 is 0 Å². The monoisotopic (exact) mass is 130 g/mol. The molecule has 2 rings (SSSR count). The Kier molecular flexibility index (Phi) is 0.978. The molecule has 0 bridgehead atoms. The van der Waals surface area contributed by atoms with Crippen molar-refractivity contribution in [1.29, 1.82) is 0 Å². The smallest absolute Gasteiger partial charge is 0.179 e. The molecule has 0 saturated carbocycles. The third-order valence-electron chi connectivity index (χ3n) is 1.61. The zero-order chi connectivity index (χ0) is 6.97. The SMILES string of the molecule is O=C1C=CC2=CC=CC2=C1. The highest BCUT2D eigenvalue weighted by Gasteiger charge is 2.08. The minimum absolute atomic E-state index is 0.0821. The summed E-state index contributed by atoms with van der Waals surface area (Å²) < 4.78 is 0. The number of rotatable bonds is 0. The number of hydrogen-bond donors (Lipinski definition) is 0. The van der Waals surface area contributed by atoms with E-state index in [4.69, 9.17) is 0 Å². The van der Waals surface area contributed by atoms with Gasteiger partial charge in [0.05, 0.1) is 0 Å². The van der Waals surface area contributed by atoms with Crippen molar-refractivity contribution in [3.05, 3.63) is 47.6 Å². The second-order valence-corrected chi connectivity index (χ2v) is 2.32. The maximum Gasteiger partial charge on any atom is 0.179 e. The topological polar surface area (TPSA) is 17.1 Å². The summed E-state index contributed by atoms with van der Waals surface area (Å²) in [5.74, 6) is 0.0821. The maximum atomic E-state index is 10.8. The van der Waals surface area contributed by atoms with Crippen LogP contribution in [-0.2, 0) is 4.79 Å². The summed E-state index contributed by atoms with van der Waals surface area (Å²) in [4.78, 5) is 10.8. The van der Waals surface area contributed by atoms with E-state index in [1.54, 1.807) is 12.2 Å². The molecule has 0 unspecified atom stereocenters. The highest BCUT2D eigenvalue weighted by molar-refractivity contribution is 6.03. The first-order valence-electron chi connectivity index (χ1n) is 3.19. The van der Waals surface area contributed by atoms with Gasteiger partial charge in [-0.2, -0.15) is 0 Å². The van der Waals surface area contributed by atoms with Crippen LogP contribution in [0.25, 0.3) is 0 Å². The molecular formula is C9H6O. The van der Waals surface area contributed by atoms with Crippen LogP contribution in [-0.4, -0.2) is 5.78 Å². The Morgan fingerprint density at radius 2 is 1.90 bits per heavy atom. The quantitative estimate of drug-likeness (QED) is 0.486. The zero-order valence-electron chi connectivity index (χ0n) is 5.37. The van der Waals surface area contributed by atoms with Crippen molar-refractivity contribution >= 4 is 5.78 Å². The van der Waals surface area contributed by atoms with Gasteiger partial charge in [-0.15, -0.1) is 0 Å². The zero-order valence-corrected chi connectivity index (χ0v) is 5.37. The number of ketones is 1. The van der Waals surface area contributed by atoms with Gasteiger partial charge in [0.15, 0.2) is 5.78 Å². The Balaban J connectivity index is 2.51. The molecule has 2 aliphatic rings. The minimum Gasteiger partial charge on any atom is -0.290 e. The Bertz CT molecular complexity index is 301. The number of carbonyl (C=O) groups is 1. The third kappa shape index (κ3) is 0.676. The predicted octanol–water partition coefficient (Wildman–Crippen LogP) is 1.55. The van der Waals surface area contributed by atoms with Crippen molar-refractivity contribution in [2.45, 2.75) is 0 Å². The first-order chi connectivity index (χ1) is 4.86. The molecule has 1 heteroatoms. The second kappa shape index (κ2) is 1.81. The first-order valence-corrected chi connectivity index (χ1v) is 3.19. The van der Waals surface area contributed by atoms with E-state index in [2.05, 4.69) is 0 Å². The van der Waals surface area contributed by atoms with Crippen LogP contribution in [0.3, 0.4) is 0 Å². The molecule has 0 aromatic heterocycles. The molecule has 0 atom stereocenters. The van der Waals surface area contributed by atoms with Crippen LogP contribution >= 0.6 is 0 Å². The lowest BCUT2D eigenvalue weighted by atomic mass is 10.0. The van der Waals surface area contributed by atoms with Crippen molar-refractivity contribution in [3.63, 3.8) is 0 Å². The molecule has 2 aliphatic carbocycles. The van der Waals surface area contributed by atoms with Gasteiger partial charge < -0.3 is 0 Å². The molecule has 10 heavy (non-hydrogen) atoms. The molecule has 0 fully saturated rings. The molecule has 0 radical (unpaired) electrons. The summed E-state index contributed by atoms with van der Waals surface area (Å²) in [7, 11) is 0. The molecule has 1 nitrogen and oxygen atoms in total. The van der Waals surface area contributed by atoms with Crippen molar-refractivity contribution in [1.82, 2.24) is 0 Å². The Morgan fingerprint density at radius 1 is 1.00 bits per heavy atom. The fourth-order valence-corrected chi connectivity index (χ4v) is 1.10. The molecule has 0 aromatic carbocycles. The van der Waals surface area contributed by atoms with Crippen LogP contribution < -0.4 is 0 Å². The second-order valence-electron chi connectivity index (χ2n) is 2.32. The van der Waals surface area contributed by atoms with Crippen LogP contribution in [0.5, 0.6) is 0 Å². The molecular weight excluding hydrogens is 124 g/mol. The average molecular weight is 130 g/mol. The third-order valence-corrected chi connectivity index (χ3v) is 1.61. The average Bonchev–Trinajstić information content (AvgIpc) is 2.33. The van der Waals surface area contributed by atoms with Gasteiger partial charge in [0.25, 0.3) is 0 Å².